The molecule has 0 amide bonds. The molecule has 1 aromatic rings. The number of rotatable bonds is 7. The molecule has 0 bridgehead atoms. The van der Waals surface area contributed by atoms with Crippen molar-refractivity contribution in [2.45, 2.75) is 24.8 Å². The van der Waals surface area contributed by atoms with Crippen molar-refractivity contribution >= 4 is 23.3 Å². The Hall–Kier alpha value is -1.20. The van der Waals surface area contributed by atoms with E-state index in [2.05, 4.69) is 18.7 Å². The molecule has 0 aromatic heterocycles. The maximum absolute atomic E-state index is 7.84. The average Bonchev–Trinajstić information content (AvgIpc) is 2.38. The van der Waals surface area contributed by atoms with Crippen molar-refractivity contribution in [3.8, 4) is 0 Å². The van der Waals surface area contributed by atoms with E-state index >= 15 is 0 Å². The van der Waals surface area contributed by atoms with Crippen LogP contribution in [0, 0.1) is 5.41 Å². The van der Waals surface area contributed by atoms with E-state index in [9.17, 15) is 0 Å². The van der Waals surface area contributed by atoms with E-state index in [0.717, 1.165) is 21.9 Å². The van der Waals surface area contributed by atoms with Crippen LogP contribution in [0.25, 0.3) is 0 Å². The number of anilines is 1. The lowest BCUT2D eigenvalue weighted by Crippen LogP contribution is -2.34. The van der Waals surface area contributed by atoms with Crippen LogP contribution in [0.1, 0.15) is 19.4 Å². The van der Waals surface area contributed by atoms with Crippen LogP contribution >= 0.6 is 11.8 Å². The predicted molar refractivity (Wildman–Crippen MR) is 83.6 cm³/mol. The Morgan fingerprint density at radius 1 is 1.53 bits per heavy atom. The summed E-state index contributed by atoms with van der Waals surface area (Å²) >= 11 is 1.71. The third kappa shape index (κ3) is 3.88. The largest absolute Gasteiger partial charge is 0.384 e. The lowest BCUT2D eigenvalue weighted by Gasteiger charge is -2.29. The van der Waals surface area contributed by atoms with Gasteiger partial charge in [0.1, 0.15) is 5.84 Å². The van der Waals surface area contributed by atoms with Crippen LogP contribution in [0.5, 0.6) is 0 Å². The van der Waals surface area contributed by atoms with Crippen LogP contribution in [0.4, 0.5) is 5.69 Å². The summed E-state index contributed by atoms with van der Waals surface area (Å²) in [6.07, 6.45) is 0. The number of ether oxygens (including phenoxy) is 1. The van der Waals surface area contributed by atoms with Crippen LogP contribution < -0.4 is 10.6 Å². The normalized spacial score (nSPS) is 12.2. The number of thioether (sulfide) groups is 1. The molecule has 0 saturated heterocycles. The molecule has 1 rings (SSSR count). The molecule has 0 spiro atoms. The first-order valence-corrected chi connectivity index (χ1v) is 7.33. The Kier molecular flexibility index (Phi) is 6.18. The molecule has 3 N–H and O–H groups in total. The molecule has 1 atom stereocenters. The van der Waals surface area contributed by atoms with Gasteiger partial charge in [0.15, 0.2) is 0 Å². The van der Waals surface area contributed by atoms with Gasteiger partial charge in [-0.05, 0) is 24.8 Å². The summed E-state index contributed by atoms with van der Waals surface area (Å²) in [6.45, 7) is 4.82. The monoisotopic (exact) mass is 281 g/mol. The van der Waals surface area contributed by atoms with E-state index in [1.807, 2.05) is 25.2 Å². The number of nitrogens with zero attached hydrogens (tertiary/aromatic N) is 1. The SMILES string of the molecule is CCSc1cccc(N(C)C(C)COC)c1C(=N)N. The fourth-order valence-corrected chi connectivity index (χ4v) is 2.80. The highest BCUT2D eigenvalue weighted by atomic mass is 32.2. The molecule has 0 saturated carbocycles. The van der Waals surface area contributed by atoms with Gasteiger partial charge in [-0.25, -0.2) is 0 Å². The van der Waals surface area contributed by atoms with E-state index in [4.69, 9.17) is 15.9 Å². The Balaban J connectivity index is 3.18. The number of benzene rings is 1. The van der Waals surface area contributed by atoms with Crippen molar-refractivity contribution in [3.63, 3.8) is 0 Å². The Bertz CT molecular complexity index is 437. The van der Waals surface area contributed by atoms with E-state index in [-0.39, 0.29) is 11.9 Å². The number of amidine groups is 1. The standard InChI is InChI=1S/C14H23N3OS/c1-5-19-12-8-6-7-11(13(12)14(15)16)17(3)10(2)9-18-4/h6-8,10H,5,9H2,1-4H3,(H3,15,16). The lowest BCUT2D eigenvalue weighted by atomic mass is 10.1. The molecule has 1 aromatic carbocycles. The Morgan fingerprint density at radius 2 is 2.21 bits per heavy atom. The maximum Gasteiger partial charge on any atom is 0.126 e. The minimum absolute atomic E-state index is 0.114. The summed E-state index contributed by atoms with van der Waals surface area (Å²) in [5, 5.41) is 7.84. The van der Waals surface area contributed by atoms with Gasteiger partial charge in [-0.15, -0.1) is 11.8 Å². The first kappa shape index (κ1) is 15.9. The number of hydrogen-bond donors (Lipinski definition) is 2. The predicted octanol–water partition coefficient (Wildman–Crippen LogP) is 2.55. The molecule has 1 unspecified atom stereocenters. The number of nitrogens with two attached hydrogens (primary N) is 1. The molecule has 106 valence electrons. The summed E-state index contributed by atoms with van der Waals surface area (Å²) in [6, 6.07) is 6.26. The first-order valence-electron chi connectivity index (χ1n) is 6.34. The third-order valence-electron chi connectivity index (χ3n) is 3.02. The molecule has 0 heterocycles. The second-order valence-electron chi connectivity index (χ2n) is 4.41. The van der Waals surface area contributed by atoms with Gasteiger partial charge in [-0.2, -0.15) is 0 Å². The van der Waals surface area contributed by atoms with Gasteiger partial charge < -0.3 is 15.4 Å². The van der Waals surface area contributed by atoms with Crippen molar-refractivity contribution in [1.82, 2.24) is 0 Å². The summed E-state index contributed by atoms with van der Waals surface area (Å²) in [5.41, 5.74) is 7.57. The van der Waals surface area contributed by atoms with Gasteiger partial charge in [0.05, 0.1) is 12.2 Å². The molecule has 0 aliphatic heterocycles. The summed E-state index contributed by atoms with van der Waals surface area (Å²) in [5.74, 6) is 1.07. The number of likely N-dealkylation sites (N-methyl/N-ethyl adjacent to an activating group) is 1. The van der Waals surface area contributed by atoms with E-state index in [1.54, 1.807) is 18.9 Å². The topological polar surface area (TPSA) is 62.3 Å². The average molecular weight is 281 g/mol. The minimum Gasteiger partial charge on any atom is -0.384 e. The highest BCUT2D eigenvalue weighted by molar-refractivity contribution is 7.99. The van der Waals surface area contributed by atoms with Crippen LogP contribution in [-0.4, -0.2) is 38.4 Å². The molecular weight excluding hydrogens is 258 g/mol. The zero-order chi connectivity index (χ0) is 14.4. The zero-order valence-electron chi connectivity index (χ0n) is 12.1. The lowest BCUT2D eigenvalue weighted by molar-refractivity contribution is 0.183. The minimum atomic E-state index is 0.114. The van der Waals surface area contributed by atoms with Crippen LogP contribution in [0.15, 0.2) is 23.1 Å². The maximum atomic E-state index is 7.84. The van der Waals surface area contributed by atoms with Gasteiger partial charge in [-0.3, -0.25) is 5.41 Å². The molecular formula is C14H23N3OS. The summed E-state index contributed by atoms with van der Waals surface area (Å²) < 4.78 is 5.19. The molecule has 0 fully saturated rings. The van der Waals surface area contributed by atoms with Crippen LogP contribution in [0.2, 0.25) is 0 Å². The number of hydrogen-bond acceptors (Lipinski definition) is 4. The second-order valence-corrected chi connectivity index (χ2v) is 5.72. The first-order chi connectivity index (χ1) is 9.02. The fraction of sp³-hybridized carbons (Fsp3) is 0.500. The van der Waals surface area contributed by atoms with E-state index in [1.165, 1.54) is 0 Å². The number of methoxy groups -OCH3 is 1. The summed E-state index contributed by atoms with van der Waals surface area (Å²) in [7, 11) is 3.70. The fourth-order valence-electron chi connectivity index (χ4n) is 1.95. The van der Waals surface area contributed by atoms with Crippen LogP contribution in [-0.2, 0) is 4.74 Å². The molecule has 0 aliphatic carbocycles. The number of nitrogens with one attached hydrogen (secondary N) is 1. The Labute approximate surface area is 119 Å². The third-order valence-corrected chi connectivity index (χ3v) is 3.96. The summed E-state index contributed by atoms with van der Waals surface area (Å²) in [4.78, 5) is 3.17. The van der Waals surface area contributed by atoms with Crippen molar-refractivity contribution in [2.75, 3.05) is 31.4 Å². The molecule has 0 radical (unpaired) electrons. The van der Waals surface area contributed by atoms with Crippen molar-refractivity contribution in [2.24, 2.45) is 5.73 Å². The van der Waals surface area contributed by atoms with Crippen molar-refractivity contribution in [3.05, 3.63) is 23.8 Å². The highest BCUT2D eigenvalue weighted by Gasteiger charge is 2.17. The van der Waals surface area contributed by atoms with Gasteiger partial charge in [0.25, 0.3) is 0 Å². The van der Waals surface area contributed by atoms with E-state index < -0.39 is 0 Å². The smallest absolute Gasteiger partial charge is 0.126 e. The Morgan fingerprint density at radius 3 is 2.74 bits per heavy atom. The van der Waals surface area contributed by atoms with Crippen molar-refractivity contribution in [1.29, 1.82) is 5.41 Å². The van der Waals surface area contributed by atoms with Crippen molar-refractivity contribution < 1.29 is 4.74 Å². The second kappa shape index (κ2) is 7.40. The van der Waals surface area contributed by atoms with Gasteiger partial charge >= 0.3 is 0 Å². The van der Waals surface area contributed by atoms with Gasteiger partial charge in [0, 0.05) is 30.8 Å². The number of nitrogen functional groups attached to an aromatic ring is 1. The molecule has 5 heteroatoms. The quantitative estimate of drug-likeness (QED) is 0.458. The molecule has 0 aliphatic rings. The van der Waals surface area contributed by atoms with Crippen LogP contribution in [0.3, 0.4) is 0 Å². The highest BCUT2D eigenvalue weighted by Crippen LogP contribution is 2.30. The molecule has 4 nitrogen and oxygen atoms in total. The zero-order valence-corrected chi connectivity index (χ0v) is 12.9. The van der Waals surface area contributed by atoms with Gasteiger partial charge in [-0.1, -0.05) is 13.0 Å². The van der Waals surface area contributed by atoms with Gasteiger partial charge in [0.2, 0.25) is 0 Å². The van der Waals surface area contributed by atoms with E-state index in [0.29, 0.717) is 6.61 Å². The molecule has 19 heavy (non-hydrogen) atoms.